The van der Waals surface area contributed by atoms with Crippen molar-refractivity contribution in [3.05, 3.63) is 34.7 Å². The van der Waals surface area contributed by atoms with Crippen molar-refractivity contribution >= 4 is 22.5 Å². The van der Waals surface area contributed by atoms with E-state index >= 15 is 0 Å². The van der Waals surface area contributed by atoms with Gasteiger partial charge in [0.05, 0.1) is 5.52 Å². The van der Waals surface area contributed by atoms with E-state index < -0.39 is 0 Å². The van der Waals surface area contributed by atoms with Gasteiger partial charge in [0, 0.05) is 10.8 Å². The van der Waals surface area contributed by atoms with E-state index in [1.165, 1.54) is 44.1 Å². The molecule has 4 bridgehead atoms. The molecule has 1 aromatic heterocycles. The second kappa shape index (κ2) is 4.44. The monoisotopic (exact) mass is 312 g/mol. The van der Waals surface area contributed by atoms with E-state index in [0.29, 0.717) is 5.15 Å². The number of aromatic nitrogens is 2. The SMILES string of the molecule is Cc1ccc2c(Cl)nc(C34CC5CC(CC(C5)C3)C4)nc2c1. The molecule has 114 valence electrons. The molecule has 1 aromatic carbocycles. The number of hydrogen-bond donors (Lipinski definition) is 0. The van der Waals surface area contributed by atoms with Crippen LogP contribution in [0.15, 0.2) is 18.2 Å². The van der Waals surface area contributed by atoms with Crippen LogP contribution in [0, 0.1) is 24.7 Å². The topological polar surface area (TPSA) is 25.8 Å². The third-order valence-corrected chi connectivity index (χ3v) is 6.61. The summed E-state index contributed by atoms with van der Waals surface area (Å²) in [6.07, 6.45) is 8.19. The number of hydrogen-bond acceptors (Lipinski definition) is 2. The second-order valence-electron chi connectivity index (χ2n) is 8.06. The Bertz CT molecular complexity index is 732. The van der Waals surface area contributed by atoms with Gasteiger partial charge in [-0.05, 0) is 80.9 Å². The van der Waals surface area contributed by atoms with Crippen LogP contribution in [0.3, 0.4) is 0 Å². The molecule has 22 heavy (non-hydrogen) atoms. The van der Waals surface area contributed by atoms with Gasteiger partial charge in [-0.25, -0.2) is 9.97 Å². The molecule has 0 atom stereocenters. The minimum absolute atomic E-state index is 0.219. The Morgan fingerprint density at radius 1 is 1.00 bits per heavy atom. The van der Waals surface area contributed by atoms with Crippen molar-refractivity contribution in [1.29, 1.82) is 0 Å². The molecule has 0 amide bonds. The number of halogens is 1. The Hall–Kier alpha value is -1.15. The first kappa shape index (κ1) is 13.3. The summed E-state index contributed by atoms with van der Waals surface area (Å²) in [6, 6.07) is 6.28. The van der Waals surface area contributed by atoms with E-state index in [1.54, 1.807) is 0 Å². The predicted octanol–water partition coefficient (Wildman–Crippen LogP) is 5.06. The van der Waals surface area contributed by atoms with Gasteiger partial charge in [0.1, 0.15) is 11.0 Å². The minimum Gasteiger partial charge on any atom is -0.232 e. The zero-order valence-electron chi connectivity index (χ0n) is 13.0. The van der Waals surface area contributed by atoms with Crippen LogP contribution < -0.4 is 0 Å². The quantitative estimate of drug-likeness (QED) is 0.688. The standard InChI is InChI=1S/C19H21ClN2/c1-11-2-3-15-16(4-11)21-18(22-17(15)20)19-8-12-5-13(9-19)7-14(6-12)10-19/h2-4,12-14H,5-10H2,1H3. The Morgan fingerprint density at radius 2 is 1.64 bits per heavy atom. The highest BCUT2D eigenvalue weighted by Gasteiger charge is 2.53. The summed E-state index contributed by atoms with van der Waals surface area (Å²) in [5.74, 6) is 3.75. The third-order valence-electron chi connectivity index (χ3n) is 6.32. The van der Waals surface area contributed by atoms with E-state index in [0.717, 1.165) is 34.5 Å². The largest absolute Gasteiger partial charge is 0.232 e. The van der Waals surface area contributed by atoms with Gasteiger partial charge in [-0.1, -0.05) is 17.7 Å². The highest BCUT2D eigenvalue weighted by Crippen LogP contribution is 2.60. The molecule has 2 nitrogen and oxygen atoms in total. The first-order valence-electron chi connectivity index (χ1n) is 8.56. The highest BCUT2D eigenvalue weighted by molar-refractivity contribution is 6.34. The number of aryl methyl sites for hydroxylation is 1. The predicted molar refractivity (Wildman–Crippen MR) is 89.1 cm³/mol. The Morgan fingerprint density at radius 3 is 2.27 bits per heavy atom. The van der Waals surface area contributed by atoms with Gasteiger partial charge in [-0.15, -0.1) is 0 Å². The smallest absolute Gasteiger partial charge is 0.140 e. The zero-order chi connectivity index (χ0) is 14.9. The summed E-state index contributed by atoms with van der Waals surface area (Å²) in [4.78, 5) is 9.77. The van der Waals surface area contributed by atoms with Crippen LogP contribution in [-0.4, -0.2) is 9.97 Å². The summed E-state index contributed by atoms with van der Waals surface area (Å²) in [7, 11) is 0. The molecule has 0 aliphatic heterocycles. The van der Waals surface area contributed by atoms with Crippen LogP contribution in [0.1, 0.15) is 49.9 Å². The van der Waals surface area contributed by atoms with Crippen LogP contribution in [0.25, 0.3) is 10.9 Å². The Labute approximate surface area is 136 Å². The Balaban J connectivity index is 1.67. The van der Waals surface area contributed by atoms with Crippen molar-refractivity contribution in [2.75, 3.05) is 0 Å². The highest BCUT2D eigenvalue weighted by atomic mass is 35.5. The third kappa shape index (κ3) is 1.86. The fraction of sp³-hybridized carbons (Fsp3) is 0.579. The first-order chi connectivity index (χ1) is 10.6. The van der Waals surface area contributed by atoms with Gasteiger partial charge in [0.2, 0.25) is 0 Å². The lowest BCUT2D eigenvalue weighted by molar-refractivity contribution is -0.00922. The van der Waals surface area contributed by atoms with E-state index in [1.807, 2.05) is 0 Å². The maximum Gasteiger partial charge on any atom is 0.140 e. The molecule has 0 N–H and O–H groups in total. The van der Waals surface area contributed by atoms with Gasteiger partial charge in [-0.2, -0.15) is 0 Å². The summed E-state index contributed by atoms with van der Waals surface area (Å²) < 4.78 is 0. The molecule has 0 radical (unpaired) electrons. The molecule has 0 spiro atoms. The molecule has 6 rings (SSSR count). The molecule has 4 fully saturated rings. The maximum atomic E-state index is 6.50. The van der Waals surface area contributed by atoms with E-state index in [9.17, 15) is 0 Å². The van der Waals surface area contributed by atoms with Gasteiger partial charge in [0.25, 0.3) is 0 Å². The molecule has 0 saturated heterocycles. The van der Waals surface area contributed by atoms with Crippen LogP contribution >= 0.6 is 11.6 Å². The van der Waals surface area contributed by atoms with E-state index in [4.69, 9.17) is 21.6 Å². The Kier molecular flexibility index (Phi) is 2.69. The molecule has 2 aromatic rings. The number of rotatable bonds is 1. The molecule has 3 heteroatoms. The fourth-order valence-corrected chi connectivity index (χ4v) is 6.06. The maximum absolute atomic E-state index is 6.50. The molecule has 0 unspecified atom stereocenters. The lowest BCUT2D eigenvalue weighted by Gasteiger charge is -2.56. The van der Waals surface area contributed by atoms with Crippen molar-refractivity contribution in [2.24, 2.45) is 17.8 Å². The summed E-state index contributed by atoms with van der Waals surface area (Å²) in [5, 5.41) is 1.62. The molecule has 4 saturated carbocycles. The number of benzene rings is 1. The van der Waals surface area contributed by atoms with Gasteiger partial charge in [0.15, 0.2) is 0 Å². The lowest BCUT2D eigenvalue weighted by Crippen LogP contribution is -2.49. The fourth-order valence-electron chi connectivity index (χ4n) is 5.82. The molecular weight excluding hydrogens is 292 g/mol. The summed E-state index contributed by atoms with van der Waals surface area (Å²) in [5.41, 5.74) is 2.47. The van der Waals surface area contributed by atoms with Crippen molar-refractivity contribution in [2.45, 2.75) is 50.9 Å². The molecule has 4 aliphatic rings. The average molecular weight is 313 g/mol. The van der Waals surface area contributed by atoms with Gasteiger partial charge >= 0.3 is 0 Å². The first-order valence-corrected chi connectivity index (χ1v) is 8.93. The van der Waals surface area contributed by atoms with Gasteiger partial charge < -0.3 is 0 Å². The van der Waals surface area contributed by atoms with E-state index in [2.05, 4.69) is 25.1 Å². The lowest BCUT2D eigenvalue weighted by atomic mass is 9.49. The van der Waals surface area contributed by atoms with Gasteiger partial charge in [-0.3, -0.25) is 0 Å². The molecule has 1 heterocycles. The van der Waals surface area contributed by atoms with E-state index in [-0.39, 0.29) is 5.41 Å². The average Bonchev–Trinajstić information content (AvgIpc) is 2.45. The molecular formula is C19H21ClN2. The second-order valence-corrected chi connectivity index (χ2v) is 8.41. The van der Waals surface area contributed by atoms with Crippen LogP contribution in [0.5, 0.6) is 0 Å². The van der Waals surface area contributed by atoms with Crippen molar-refractivity contribution in [3.8, 4) is 0 Å². The number of nitrogens with zero attached hydrogens (tertiary/aromatic N) is 2. The zero-order valence-corrected chi connectivity index (χ0v) is 13.7. The van der Waals surface area contributed by atoms with Crippen molar-refractivity contribution in [3.63, 3.8) is 0 Å². The van der Waals surface area contributed by atoms with Crippen LogP contribution in [0.4, 0.5) is 0 Å². The summed E-state index contributed by atoms with van der Waals surface area (Å²) >= 11 is 6.50. The number of fused-ring (bicyclic) bond motifs is 1. The normalized spacial score (nSPS) is 36.2. The summed E-state index contributed by atoms with van der Waals surface area (Å²) in [6.45, 7) is 2.11. The van der Waals surface area contributed by atoms with Crippen molar-refractivity contribution < 1.29 is 0 Å². The minimum atomic E-state index is 0.219. The van der Waals surface area contributed by atoms with Crippen molar-refractivity contribution in [1.82, 2.24) is 9.97 Å². The van der Waals surface area contributed by atoms with Crippen LogP contribution in [0.2, 0.25) is 5.15 Å². The van der Waals surface area contributed by atoms with Crippen LogP contribution in [-0.2, 0) is 5.41 Å². The molecule has 4 aliphatic carbocycles.